The molecule has 0 unspecified atom stereocenters. The van der Waals surface area contributed by atoms with Crippen LogP contribution in [0.1, 0.15) is 12.8 Å². The monoisotopic (exact) mass is 378 g/mol. The van der Waals surface area contributed by atoms with Crippen LogP contribution in [0.3, 0.4) is 0 Å². The van der Waals surface area contributed by atoms with Gasteiger partial charge in [-0.15, -0.1) is 0 Å². The van der Waals surface area contributed by atoms with Crippen molar-refractivity contribution in [3.8, 4) is 0 Å². The highest BCUT2D eigenvalue weighted by Crippen LogP contribution is 2.45. The van der Waals surface area contributed by atoms with Crippen molar-refractivity contribution < 1.29 is 21.6 Å². The van der Waals surface area contributed by atoms with Gasteiger partial charge in [-0.3, -0.25) is 0 Å². The second kappa shape index (κ2) is 5.93. The van der Waals surface area contributed by atoms with Crippen LogP contribution in [0.4, 0.5) is 0 Å². The molecular formula is C18H18O5S2. The van der Waals surface area contributed by atoms with E-state index in [1.807, 2.05) is 0 Å². The maximum Gasteiger partial charge on any atom is 0.185 e. The Labute approximate surface area is 147 Å². The van der Waals surface area contributed by atoms with Crippen LogP contribution in [-0.4, -0.2) is 39.5 Å². The number of benzene rings is 2. The van der Waals surface area contributed by atoms with Crippen molar-refractivity contribution in [2.75, 3.05) is 0 Å². The number of fused-ring (bicyclic) bond motifs is 2. The molecule has 25 heavy (non-hydrogen) atoms. The average Bonchev–Trinajstić information content (AvgIpc) is 3.25. The lowest BCUT2D eigenvalue weighted by Crippen LogP contribution is -2.47. The second-order valence-corrected chi connectivity index (χ2v) is 10.6. The lowest BCUT2D eigenvalue weighted by molar-refractivity contribution is 0.106. The van der Waals surface area contributed by atoms with Gasteiger partial charge in [0.2, 0.25) is 0 Å². The largest absolute Gasteiger partial charge is 0.372 e. The smallest absolute Gasteiger partial charge is 0.185 e. The molecule has 2 aliphatic rings. The molecular weight excluding hydrogens is 360 g/mol. The third kappa shape index (κ3) is 2.61. The Morgan fingerprint density at radius 3 is 1.36 bits per heavy atom. The van der Waals surface area contributed by atoms with Gasteiger partial charge in [0, 0.05) is 0 Å². The van der Waals surface area contributed by atoms with Crippen LogP contribution in [-0.2, 0) is 24.4 Å². The van der Waals surface area contributed by atoms with Crippen molar-refractivity contribution in [2.45, 2.75) is 45.3 Å². The molecule has 2 fully saturated rings. The summed E-state index contributed by atoms with van der Waals surface area (Å²) < 4.78 is 58.4. The first-order valence-corrected chi connectivity index (χ1v) is 11.2. The van der Waals surface area contributed by atoms with E-state index in [0.717, 1.165) is 0 Å². The average molecular weight is 378 g/mol. The zero-order chi connectivity index (χ0) is 17.7. The van der Waals surface area contributed by atoms with Gasteiger partial charge in [0.15, 0.2) is 19.7 Å². The van der Waals surface area contributed by atoms with Gasteiger partial charge in [0.25, 0.3) is 0 Å². The first-order chi connectivity index (χ1) is 11.9. The van der Waals surface area contributed by atoms with E-state index in [0.29, 0.717) is 12.8 Å². The number of hydrogen-bond acceptors (Lipinski definition) is 5. The lowest BCUT2D eigenvalue weighted by Gasteiger charge is -2.27. The number of sulfone groups is 2. The molecule has 2 aromatic carbocycles. The van der Waals surface area contributed by atoms with Gasteiger partial charge in [-0.2, -0.15) is 0 Å². The molecule has 0 spiro atoms. The minimum Gasteiger partial charge on any atom is -0.372 e. The van der Waals surface area contributed by atoms with E-state index in [1.165, 1.54) is 24.3 Å². The van der Waals surface area contributed by atoms with E-state index in [4.69, 9.17) is 4.74 Å². The van der Waals surface area contributed by atoms with Crippen LogP contribution in [0.15, 0.2) is 70.5 Å². The van der Waals surface area contributed by atoms with Gasteiger partial charge in [-0.05, 0) is 37.1 Å². The van der Waals surface area contributed by atoms with Crippen molar-refractivity contribution in [1.82, 2.24) is 0 Å². The quantitative estimate of drug-likeness (QED) is 0.815. The Balaban J connectivity index is 1.82. The minimum absolute atomic E-state index is 0.143. The molecule has 5 nitrogen and oxygen atoms in total. The minimum atomic E-state index is -3.81. The van der Waals surface area contributed by atoms with E-state index in [1.54, 1.807) is 36.4 Å². The van der Waals surface area contributed by atoms with Crippen LogP contribution in [0.2, 0.25) is 0 Å². The van der Waals surface area contributed by atoms with Crippen LogP contribution in [0, 0.1) is 0 Å². The molecule has 2 aromatic rings. The standard InChI is InChI=1S/C18H18O5S2/c19-24(20,13-7-3-1-4-8-13)17-15-11-12-16(23-15)18(17)25(21,22)14-9-5-2-6-10-14/h1-10,15-18H,11-12H2/t15-,16+,17-,18-/m0/s1. The molecule has 0 aliphatic carbocycles. The summed E-state index contributed by atoms with van der Waals surface area (Å²) >= 11 is 0. The molecule has 132 valence electrons. The van der Waals surface area contributed by atoms with Gasteiger partial charge in [-0.25, -0.2) is 16.8 Å². The highest BCUT2D eigenvalue weighted by atomic mass is 32.2. The second-order valence-electron chi connectivity index (χ2n) is 6.44. The molecule has 0 radical (unpaired) electrons. The summed E-state index contributed by atoms with van der Waals surface area (Å²) in [6.45, 7) is 0. The predicted octanol–water partition coefficient (Wildman–Crippen LogP) is 2.23. The van der Waals surface area contributed by atoms with E-state index < -0.39 is 42.4 Å². The van der Waals surface area contributed by atoms with Gasteiger partial charge in [-0.1, -0.05) is 36.4 Å². The Morgan fingerprint density at radius 2 is 1.00 bits per heavy atom. The predicted molar refractivity (Wildman–Crippen MR) is 92.7 cm³/mol. The van der Waals surface area contributed by atoms with Crippen molar-refractivity contribution in [2.24, 2.45) is 0 Å². The van der Waals surface area contributed by atoms with Crippen LogP contribution in [0.5, 0.6) is 0 Å². The summed E-state index contributed by atoms with van der Waals surface area (Å²) in [7, 11) is -7.63. The summed E-state index contributed by atoms with van der Waals surface area (Å²) in [5, 5.41) is -2.14. The Kier molecular flexibility index (Phi) is 3.97. The molecule has 2 heterocycles. The molecule has 0 amide bonds. The third-order valence-electron chi connectivity index (χ3n) is 5.00. The Morgan fingerprint density at radius 1 is 0.640 bits per heavy atom. The van der Waals surface area contributed by atoms with Crippen LogP contribution < -0.4 is 0 Å². The number of hydrogen-bond donors (Lipinski definition) is 0. The van der Waals surface area contributed by atoms with Gasteiger partial charge < -0.3 is 4.74 Å². The van der Waals surface area contributed by atoms with E-state index in [2.05, 4.69) is 0 Å². The fourth-order valence-corrected chi connectivity index (χ4v) is 8.72. The van der Waals surface area contributed by atoms with Crippen molar-refractivity contribution in [3.05, 3.63) is 60.7 Å². The molecule has 0 aromatic heterocycles. The molecule has 2 bridgehead atoms. The Hall–Kier alpha value is -1.70. The summed E-state index contributed by atoms with van der Waals surface area (Å²) in [4.78, 5) is 0.286. The summed E-state index contributed by atoms with van der Waals surface area (Å²) in [5.41, 5.74) is 0. The maximum absolute atomic E-state index is 13.2. The highest BCUT2D eigenvalue weighted by molar-refractivity contribution is 7.96. The summed E-state index contributed by atoms with van der Waals surface area (Å²) in [6, 6.07) is 16.1. The molecule has 4 rings (SSSR count). The van der Waals surface area contributed by atoms with E-state index >= 15 is 0 Å². The normalized spacial score (nSPS) is 29.0. The van der Waals surface area contributed by atoms with Gasteiger partial charge in [0.05, 0.1) is 22.0 Å². The zero-order valence-electron chi connectivity index (χ0n) is 13.4. The molecule has 0 N–H and O–H groups in total. The third-order valence-corrected chi connectivity index (χ3v) is 9.66. The fourth-order valence-electron chi connectivity index (χ4n) is 3.88. The van der Waals surface area contributed by atoms with Crippen molar-refractivity contribution in [3.63, 3.8) is 0 Å². The summed E-state index contributed by atoms with van der Waals surface area (Å²) in [6.07, 6.45) is 0.00196. The van der Waals surface area contributed by atoms with Gasteiger partial charge in [0.1, 0.15) is 10.5 Å². The van der Waals surface area contributed by atoms with Crippen molar-refractivity contribution >= 4 is 19.7 Å². The van der Waals surface area contributed by atoms with Crippen LogP contribution >= 0.6 is 0 Å². The van der Waals surface area contributed by atoms with E-state index in [-0.39, 0.29) is 9.79 Å². The first-order valence-electron chi connectivity index (χ1n) is 8.16. The van der Waals surface area contributed by atoms with Crippen molar-refractivity contribution in [1.29, 1.82) is 0 Å². The molecule has 7 heteroatoms. The number of ether oxygens (including phenoxy) is 1. The molecule has 2 saturated heterocycles. The maximum atomic E-state index is 13.2. The highest BCUT2D eigenvalue weighted by Gasteiger charge is 2.60. The lowest BCUT2D eigenvalue weighted by atomic mass is 10.00. The van der Waals surface area contributed by atoms with Crippen LogP contribution in [0.25, 0.3) is 0 Å². The molecule has 2 aliphatic heterocycles. The summed E-state index contributed by atoms with van der Waals surface area (Å²) in [5.74, 6) is 0. The van der Waals surface area contributed by atoms with Gasteiger partial charge >= 0.3 is 0 Å². The first kappa shape index (κ1) is 16.8. The zero-order valence-corrected chi connectivity index (χ0v) is 15.0. The Bertz CT molecular complexity index is 887. The van der Waals surface area contributed by atoms with E-state index in [9.17, 15) is 16.8 Å². The molecule has 0 saturated carbocycles. The number of rotatable bonds is 4. The topological polar surface area (TPSA) is 77.5 Å². The molecule has 4 atom stereocenters. The SMILES string of the molecule is O=S(=O)(c1ccccc1)[C@@H]1[C@@H](S(=O)(=O)c2ccccc2)[C@H]2CC[C@@H]1O2. The fraction of sp³-hybridized carbons (Fsp3) is 0.333.